The molecule has 0 aromatic heterocycles. The molecule has 1 saturated heterocycles. The highest BCUT2D eigenvalue weighted by Gasteiger charge is 2.32. The summed E-state index contributed by atoms with van der Waals surface area (Å²) < 4.78 is 11.0. The number of rotatable bonds is 5. The molecule has 2 fully saturated rings. The third kappa shape index (κ3) is 4.04. The second-order valence-electron chi connectivity index (χ2n) is 7.71. The largest absolute Gasteiger partial charge is 0.493 e. The van der Waals surface area contributed by atoms with E-state index < -0.39 is 0 Å². The van der Waals surface area contributed by atoms with E-state index in [0.717, 1.165) is 30.0 Å². The quantitative estimate of drug-likeness (QED) is 0.824. The molecule has 1 aliphatic heterocycles. The van der Waals surface area contributed by atoms with Crippen LogP contribution in [0.2, 0.25) is 0 Å². The minimum absolute atomic E-state index is 0.842. The lowest BCUT2D eigenvalue weighted by molar-refractivity contribution is -1.03. The molecule has 2 N–H and O–H groups in total. The van der Waals surface area contributed by atoms with Gasteiger partial charge < -0.3 is 19.3 Å². The highest BCUT2D eigenvalue weighted by atomic mass is 16.5. The molecule has 2 aliphatic rings. The molecule has 134 valence electrons. The number of benzene rings is 1. The van der Waals surface area contributed by atoms with Gasteiger partial charge in [0, 0.05) is 6.42 Å². The number of nitrogens with one attached hydrogen (secondary N) is 2. The highest BCUT2D eigenvalue weighted by molar-refractivity contribution is 5.46. The summed E-state index contributed by atoms with van der Waals surface area (Å²) in [5.74, 6) is 2.68. The molecule has 1 heterocycles. The first-order valence-corrected chi connectivity index (χ1v) is 9.59. The van der Waals surface area contributed by atoms with E-state index >= 15 is 0 Å². The Morgan fingerprint density at radius 2 is 1.83 bits per heavy atom. The Balaban J connectivity index is 1.56. The van der Waals surface area contributed by atoms with Gasteiger partial charge in [0.05, 0.1) is 25.8 Å². The lowest BCUT2D eigenvalue weighted by Crippen LogP contribution is -3.29. The summed E-state index contributed by atoms with van der Waals surface area (Å²) in [7, 11) is 3.45. The normalized spacial score (nSPS) is 30.8. The Morgan fingerprint density at radius 1 is 1.04 bits per heavy atom. The van der Waals surface area contributed by atoms with Crippen molar-refractivity contribution < 1.29 is 19.3 Å². The monoisotopic (exact) mass is 334 g/mol. The summed E-state index contributed by atoms with van der Waals surface area (Å²) in [6.07, 6.45) is 5.76. The Morgan fingerprint density at radius 3 is 2.50 bits per heavy atom. The zero-order chi connectivity index (χ0) is 16.9. The summed E-state index contributed by atoms with van der Waals surface area (Å²) in [5.41, 5.74) is 1.27. The van der Waals surface area contributed by atoms with Gasteiger partial charge >= 0.3 is 0 Å². The summed E-state index contributed by atoms with van der Waals surface area (Å²) >= 11 is 0. The molecule has 0 amide bonds. The molecule has 1 aromatic carbocycles. The van der Waals surface area contributed by atoms with Crippen molar-refractivity contribution in [3.05, 3.63) is 23.8 Å². The fourth-order valence-corrected chi connectivity index (χ4v) is 4.68. The van der Waals surface area contributed by atoms with E-state index in [1.165, 1.54) is 57.4 Å². The number of quaternary nitrogens is 2. The highest BCUT2D eigenvalue weighted by Crippen LogP contribution is 2.30. The molecule has 4 heteroatoms. The van der Waals surface area contributed by atoms with Crippen LogP contribution in [0.25, 0.3) is 0 Å². The molecule has 3 rings (SSSR count). The van der Waals surface area contributed by atoms with Gasteiger partial charge in [-0.15, -0.1) is 0 Å². The third-order valence-electron chi connectivity index (χ3n) is 6.04. The van der Waals surface area contributed by atoms with Crippen LogP contribution in [0.3, 0.4) is 0 Å². The zero-order valence-corrected chi connectivity index (χ0v) is 15.6. The van der Waals surface area contributed by atoms with Crippen molar-refractivity contribution >= 4 is 0 Å². The SMILES string of the molecule is COc1cccc(C[NH+]2CC[NH+]([C@H]3CCC[C@@H](C)C3)CC2)c1OC. The number of methoxy groups -OCH3 is 2. The standard InChI is InChI=1S/C20H32N2O2/c1-16-6-4-8-18(14-16)22-12-10-21(11-13-22)15-17-7-5-9-19(23-2)20(17)24-3/h5,7,9,16,18H,4,6,8,10-15H2,1-3H3/p+2/t16-,18+/m1/s1. The van der Waals surface area contributed by atoms with E-state index in [1.807, 2.05) is 11.0 Å². The van der Waals surface area contributed by atoms with Crippen LogP contribution < -0.4 is 19.3 Å². The van der Waals surface area contributed by atoms with Gasteiger partial charge in [0.2, 0.25) is 0 Å². The smallest absolute Gasteiger partial charge is 0.169 e. The lowest BCUT2D eigenvalue weighted by Gasteiger charge is -2.37. The molecule has 0 spiro atoms. The maximum Gasteiger partial charge on any atom is 0.169 e. The van der Waals surface area contributed by atoms with E-state index in [0.29, 0.717) is 0 Å². The average Bonchev–Trinajstić information content (AvgIpc) is 2.62. The van der Waals surface area contributed by atoms with E-state index in [2.05, 4.69) is 19.1 Å². The van der Waals surface area contributed by atoms with Gasteiger partial charge in [-0.3, -0.25) is 0 Å². The minimum Gasteiger partial charge on any atom is -0.493 e. The van der Waals surface area contributed by atoms with Crippen LogP contribution in [0.15, 0.2) is 18.2 Å². The van der Waals surface area contributed by atoms with Crippen LogP contribution in [0.5, 0.6) is 11.5 Å². The van der Waals surface area contributed by atoms with Crippen molar-refractivity contribution in [2.75, 3.05) is 40.4 Å². The molecule has 0 bridgehead atoms. The van der Waals surface area contributed by atoms with Crippen molar-refractivity contribution in [2.24, 2.45) is 5.92 Å². The van der Waals surface area contributed by atoms with Gasteiger partial charge in [-0.05, 0) is 30.9 Å². The number of hydrogen-bond donors (Lipinski definition) is 2. The van der Waals surface area contributed by atoms with E-state index in [1.54, 1.807) is 19.1 Å². The Hall–Kier alpha value is -1.26. The first-order chi connectivity index (χ1) is 11.7. The fraction of sp³-hybridized carbons (Fsp3) is 0.700. The van der Waals surface area contributed by atoms with E-state index in [4.69, 9.17) is 9.47 Å². The van der Waals surface area contributed by atoms with Gasteiger partial charge in [0.15, 0.2) is 11.5 Å². The van der Waals surface area contributed by atoms with E-state index in [9.17, 15) is 0 Å². The molecule has 1 saturated carbocycles. The summed E-state index contributed by atoms with van der Waals surface area (Å²) in [4.78, 5) is 3.54. The summed E-state index contributed by atoms with van der Waals surface area (Å²) in [6.45, 7) is 8.63. The van der Waals surface area contributed by atoms with Crippen molar-refractivity contribution in [2.45, 2.75) is 45.2 Å². The van der Waals surface area contributed by atoms with Crippen LogP contribution in [-0.4, -0.2) is 46.4 Å². The first kappa shape index (κ1) is 17.6. The zero-order valence-electron chi connectivity index (χ0n) is 15.6. The molecule has 4 nitrogen and oxygen atoms in total. The summed E-state index contributed by atoms with van der Waals surface area (Å²) in [5, 5.41) is 0. The fourth-order valence-electron chi connectivity index (χ4n) is 4.68. The van der Waals surface area contributed by atoms with Crippen molar-refractivity contribution in [3.63, 3.8) is 0 Å². The molecule has 1 aromatic rings. The van der Waals surface area contributed by atoms with Gasteiger partial charge in [-0.1, -0.05) is 19.4 Å². The number of hydrogen-bond acceptors (Lipinski definition) is 2. The molecule has 24 heavy (non-hydrogen) atoms. The summed E-state index contributed by atoms with van der Waals surface area (Å²) in [6, 6.07) is 7.14. The van der Waals surface area contributed by atoms with Crippen LogP contribution in [-0.2, 0) is 6.54 Å². The topological polar surface area (TPSA) is 27.3 Å². The second-order valence-corrected chi connectivity index (χ2v) is 7.71. The molecule has 0 unspecified atom stereocenters. The Labute approximate surface area is 146 Å². The predicted octanol–water partition coefficient (Wildman–Crippen LogP) is 0.566. The van der Waals surface area contributed by atoms with Crippen molar-refractivity contribution in [1.29, 1.82) is 0 Å². The van der Waals surface area contributed by atoms with Crippen molar-refractivity contribution in [3.8, 4) is 11.5 Å². The predicted molar refractivity (Wildman–Crippen MR) is 96.1 cm³/mol. The molecular weight excluding hydrogens is 300 g/mol. The van der Waals surface area contributed by atoms with Gasteiger partial charge in [-0.25, -0.2) is 0 Å². The molecule has 0 radical (unpaired) electrons. The first-order valence-electron chi connectivity index (χ1n) is 9.59. The van der Waals surface area contributed by atoms with Crippen LogP contribution in [0.1, 0.15) is 38.2 Å². The maximum atomic E-state index is 5.59. The van der Waals surface area contributed by atoms with Gasteiger partial charge in [0.1, 0.15) is 32.7 Å². The Kier molecular flexibility index (Phi) is 6.01. The number of ether oxygens (including phenoxy) is 2. The minimum atomic E-state index is 0.842. The lowest BCUT2D eigenvalue weighted by atomic mass is 9.86. The number of piperazine rings is 1. The van der Waals surface area contributed by atoms with Crippen LogP contribution >= 0.6 is 0 Å². The van der Waals surface area contributed by atoms with Crippen LogP contribution in [0, 0.1) is 5.92 Å². The molecular formula is C20H34N2O2+2. The average molecular weight is 335 g/mol. The van der Waals surface area contributed by atoms with Crippen LogP contribution in [0.4, 0.5) is 0 Å². The molecule has 2 atom stereocenters. The third-order valence-corrected chi connectivity index (χ3v) is 6.04. The molecule has 1 aliphatic carbocycles. The van der Waals surface area contributed by atoms with E-state index in [-0.39, 0.29) is 0 Å². The number of para-hydroxylation sites is 1. The van der Waals surface area contributed by atoms with Gasteiger partial charge in [0.25, 0.3) is 0 Å². The van der Waals surface area contributed by atoms with Crippen molar-refractivity contribution in [1.82, 2.24) is 0 Å². The Bertz CT molecular complexity index is 526. The second kappa shape index (κ2) is 8.21. The maximum absolute atomic E-state index is 5.59. The van der Waals surface area contributed by atoms with Gasteiger partial charge in [-0.2, -0.15) is 0 Å².